The van der Waals surface area contributed by atoms with Gasteiger partial charge in [0.1, 0.15) is 5.69 Å². The highest BCUT2D eigenvalue weighted by atomic mass is 16.5. The van der Waals surface area contributed by atoms with Gasteiger partial charge in [0.05, 0.1) is 5.69 Å². The van der Waals surface area contributed by atoms with Crippen molar-refractivity contribution in [1.29, 1.82) is 0 Å². The monoisotopic (exact) mass is 498 g/mol. The third-order valence-electron chi connectivity index (χ3n) is 8.87. The third kappa shape index (κ3) is 4.68. The highest BCUT2D eigenvalue weighted by molar-refractivity contribution is 5.93. The normalized spacial score (nSPS) is 21.9. The number of carbonyl (C=O) groups is 2. The van der Waals surface area contributed by atoms with E-state index in [-0.39, 0.29) is 28.6 Å². The molecule has 2 aliphatic heterocycles. The van der Waals surface area contributed by atoms with Crippen molar-refractivity contribution in [2.24, 2.45) is 11.3 Å². The molecule has 3 aromatic rings. The standard InChI is InChI=1S/C30H34N4O3/c35-27(31-21-30(13-17-37-18-14-30)23-9-5-2-6-10-23)24-20-29(24)11-15-34(16-12-29)28(36)26-19-25(32-33-26)22-7-3-1-4-8-22/h1-10,19,24H,11-18,20-21H2,(H,31,35)(H,32,33)/t24-/m0/s1. The van der Waals surface area contributed by atoms with E-state index in [1.165, 1.54) is 5.56 Å². The fraction of sp³-hybridized carbons (Fsp3) is 0.433. The lowest BCUT2D eigenvalue weighted by molar-refractivity contribution is -0.123. The topological polar surface area (TPSA) is 87.3 Å². The first-order valence-electron chi connectivity index (χ1n) is 13.4. The number of ether oxygens (including phenoxy) is 1. The van der Waals surface area contributed by atoms with Gasteiger partial charge in [0.2, 0.25) is 5.91 Å². The van der Waals surface area contributed by atoms with Crippen LogP contribution in [0, 0.1) is 11.3 Å². The Morgan fingerprint density at radius 3 is 2.35 bits per heavy atom. The molecule has 0 bridgehead atoms. The highest BCUT2D eigenvalue weighted by Crippen LogP contribution is 2.59. The van der Waals surface area contributed by atoms with Crippen molar-refractivity contribution < 1.29 is 14.3 Å². The molecule has 2 saturated heterocycles. The predicted octanol–water partition coefficient (Wildman–Crippen LogP) is 4.18. The number of piperidine rings is 1. The van der Waals surface area contributed by atoms with Crippen molar-refractivity contribution in [3.05, 3.63) is 78.0 Å². The van der Waals surface area contributed by atoms with Crippen LogP contribution in [0.25, 0.3) is 11.3 Å². The quantitative estimate of drug-likeness (QED) is 0.534. The zero-order valence-electron chi connectivity index (χ0n) is 21.1. The van der Waals surface area contributed by atoms with Crippen molar-refractivity contribution >= 4 is 11.8 Å². The molecule has 3 fully saturated rings. The van der Waals surface area contributed by atoms with E-state index in [4.69, 9.17) is 4.74 Å². The number of rotatable bonds is 6. The minimum atomic E-state index is -0.0598. The number of hydrogen-bond acceptors (Lipinski definition) is 4. The SMILES string of the molecule is O=C(NCC1(c2ccccc2)CCOCC1)[C@@H]1CC12CCN(C(=O)c1cc(-c3ccccc3)n[nH]1)CC2. The molecule has 37 heavy (non-hydrogen) atoms. The number of benzene rings is 2. The van der Waals surface area contributed by atoms with Crippen LogP contribution >= 0.6 is 0 Å². The maximum atomic E-state index is 13.2. The van der Waals surface area contributed by atoms with E-state index >= 15 is 0 Å². The first-order chi connectivity index (χ1) is 18.1. The second-order valence-electron chi connectivity index (χ2n) is 10.9. The number of amides is 2. The Labute approximate surface area is 217 Å². The number of hydrogen-bond donors (Lipinski definition) is 2. The van der Waals surface area contributed by atoms with Crippen molar-refractivity contribution in [2.45, 2.75) is 37.5 Å². The molecular weight excluding hydrogens is 464 g/mol. The van der Waals surface area contributed by atoms with Crippen molar-refractivity contribution in [3.63, 3.8) is 0 Å². The Balaban J connectivity index is 1.04. The van der Waals surface area contributed by atoms with E-state index in [1.54, 1.807) is 0 Å². The molecule has 7 nitrogen and oxygen atoms in total. The van der Waals surface area contributed by atoms with Gasteiger partial charge in [0.25, 0.3) is 5.91 Å². The molecule has 1 spiro atoms. The summed E-state index contributed by atoms with van der Waals surface area (Å²) in [5, 5.41) is 10.6. The van der Waals surface area contributed by atoms with Crippen LogP contribution in [0.1, 0.15) is 48.2 Å². The molecule has 1 atom stereocenters. The summed E-state index contributed by atoms with van der Waals surface area (Å²) < 4.78 is 5.64. The molecule has 2 N–H and O–H groups in total. The molecule has 1 saturated carbocycles. The van der Waals surface area contributed by atoms with Crippen LogP contribution in [0.2, 0.25) is 0 Å². The van der Waals surface area contributed by atoms with E-state index in [9.17, 15) is 9.59 Å². The van der Waals surface area contributed by atoms with E-state index in [0.29, 0.717) is 25.3 Å². The predicted molar refractivity (Wildman–Crippen MR) is 141 cm³/mol. The van der Waals surface area contributed by atoms with Gasteiger partial charge in [-0.1, -0.05) is 60.7 Å². The molecule has 3 heterocycles. The van der Waals surface area contributed by atoms with Gasteiger partial charge < -0.3 is 15.0 Å². The molecule has 192 valence electrons. The summed E-state index contributed by atoms with van der Waals surface area (Å²) in [6, 6.07) is 22.2. The van der Waals surface area contributed by atoms with Gasteiger partial charge in [-0.15, -0.1) is 0 Å². The van der Waals surface area contributed by atoms with Crippen LogP contribution in [0.4, 0.5) is 0 Å². The molecular formula is C30H34N4O3. The Hall–Kier alpha value is -3.45. The van der Waals surface area contributed by atoms with Gasteiger partial charge in [-0.3, -0.25) is 14.7 Å². The van der Waals surface area contributed by atoms with E-state index in [2.05, 4.69) is 39.8 Å². The van der Waals surface area contributed by atoms with Crippen LogP contribution < -0.4 is 5.32 Å². The molecule has 2 aromatic carbocycles. The van der Waals surface area contributed by atoms with Gasteiger partial charge >= 0.3 is 0 Å². The average molecular weight is 499 g/mol. The van der Waals surface area contributed by atoms with Crippen molar-refractivity contribution in [2.75, 3.05) is 32.8 Å². The smallest absolute Gasteiger partial charge is 0.271 e. The van der Waals surface area contributed by atoms with Gasteiger partial charge in [0, 0.05) is 49.7 Å². The second kappa shape index (κ2) is 9.78. The molecule has 6 rings (SSSR count). The largest absolute Gasteiger partial charge is 0.381 e. The summed E-state index contributed by atoms with van der Waals surface area (Å²) in [4.78, 5) is 28.2. The number of nitrogens with zero attached hydrogens (tertiary/aromatic N) is 2. The minimum Gasteiger partial charge on any atom is -0.381 e. The zero-order chi connectivity index (χ0) is 25.3. The first-order valence-corrected chi connectivity index (χ1v) is 13.4. The van der Waals surface area contributed by atoms with Crippen molar-refractivity contribution in [3.8, 4) is 11.3 Å². The van der Waals surface area contributed by atoms with Crippen LogP contribution in [-0.4, -0.2) is 59.8 Å². The number of likely N-dealkylation sites (tertiary alicyclic amines) is 1. The number of aromatic amines is 1. The lowest BCUT2D eigenvalue weighted by atomic mass is 9.74. The fourth-order valence-corrected chi connectivity index (χ4v) is 6.29. The van der Waals surface area contributed by atoms with Gasteiger partial charge in [-0.2, -0.15) is 5.10 Å². The third-order valence-corrected chi connectivity index (χ3v) is 8.87. The lowest BCUT2D eigenvalue weighted by Gasteiger charge is -2.38. The van der Waals surface area contributed by atoms with Crippen molar-refractivity contribution in [1.82, 2.24) is 20.4 Å². The Bertz CT molecular complexity index is 1240. The number of carbonyl (C=O) groups excluding carboxylic acids is 2. The van der Waals surface area contributed by atoms with Gasteiger partial charge in [-0.25, -0.2) is 0 Å². The lowest BCUT2D eigenvalue weighted by Crippen LogP contribution is -2.46. The molecule has 7 heteroatoms. The Morgan fingerprint density at radius 1 is 0.973 bits per heavy atom. The van der Waals surface area contributed by atoms with E-state index < -0.39 is 0 Å². The summed E-state index contributed by atoms with van der Waals surface area (Å²) in [6.45, 7) is 3.46. The zero-order valence-corrected chi connectivity index (χ0v) is 21.1. The first kappa shape index (κ1) is 23.9. The number of H-pyrrole nitrogens is 1. The Kier molecular flexibility index (Phi) is 6.32. The molecule has 0 radical (unpaired) electrons. The number of aromatic nitrogens is 2. The minimum absolute atomic E-state index is 0.0181. The molecule has 3 aliphatic rings. The molecule has 1 aliphatic carbocycles. The van der Waals surface area contributed by atoms with Crippen LogP contribution in [0.15, 0.2) is 66.7 Å². The van der Waals surface area contributed by atoms with E-state index in [1.807, 2.05) is 47.4 Å². The maximum absolute atomic E-state index is 13.2. The fourth-order valence-electron chi connectivity index (χ4n) is 6.29. The average Bonchev–Trinajstić information content (AvgIpc) is 3.42. The van der Waals surface area contributed by atoms with E-state index in [0.717, 1.165) is 56.6 Å². The highest BCUT2D eigenvalue weighted by Gasteiger charge is 2.59. The van der Waals surface area contributed by atoms with Gasteiger partial charge in [0.15, 0.2) is 0 Å². The molecule has 0 unspecified atom stereocenters. The summed E-state index contributed by atoms with van der Waals surface area (Å²) in [6.07, 6.45) is 4.50. The maximum Gasteiger partial charge on any atom is 0.271 e. The Morgan fingerprint density at radius 2 is 1.65 bits per heavy atom. The molecule has 2 amide bonds. The van der Waals surface area contributed by atoms with Crippen LogP contribution in [0.5, 0.6) is 0 Å². The summed E-state index contributed by atoms with van der Waals surface area (Å²) in [5.74, 6) is 0.201. The summed E-state index contributed by atoms with van der Waals surface area (Å²) in [5.41, 5.74) is 3.54. The van der Waals surface area contributed by atoms with Crippen LogP contribution in [-0.2, 0) is 14.9 Å². The van der Waals surface area contributed by atoms with Gasteiger partial charge in [-0.05, 0) is 49.1 Å². The number of nitrogens with one attached hydrogen (secondary N) is 2. The van der Waals surface area contributed by atoms with Crippen LogP contribution in [0.3, 0.4) is 0 Å². The second-order valence-corrected chi connectivity index (χ2v) is 10.9. The summed E-state index contributed by atoms with van der Waals surface area (Å²) in [7, 11) is 0. The summed E-state index contributed by atoms with van der Waals surface area (Å²) >= 11 is 0. The molecule has 1 aromatic heterocycles.